The van der Waals surface area contributed by atoms with Crippen LogP contribution < -0.4 is 4.90 Å². The number of rotatable bonds is 2. The van der Waals surface area contributed by atoms with E-state index in [1.54, 1.807) is 12.1 Å². The number of ether oxygens (including phenoxy) is 1. The molecule has 0 saturated carbocycles. The van der Waals surface area contributed by atoms with E-state index in [-0.39, 0.29) is 5.91 Å². The number of para-hydroxylation sites is 1. The number of hydrogen-bond acceptors (Lipinski definition) is 6. The monoisotopic (exact) mass is 437 g/mol. The second-order valence-corrected chi connectivity index (χ2v) is 8.74. The van der Waals surface area contributed by atoms with Crippen LogP contribution in [-0.4, -0.2) is 59.6 Å². The zero-order valence-electron chi connectivity index (χ0n) is 17.6. The number of carbonyl (C=O) groups is 1. The lowest BCUT2D eigenvalue weighted by Crippen LogP contribution is -2.49. The van der Waals surface area contributed by atoms with E-state index in [0.29, 0.717) is 54.7 Å². The molecule has 1 fully saturated rings. The van der Waals surface area contributed by atoms with Gasteiger partial charge in [0, 0.05) is 38.8 Å². The van der Waals surface area contributed by atoms with Crippen LogP contribution in [0.15, 0.2) is 36.5 Å². The Morgan fingerprint density at radius 1 is 1.16 bits per heavy atom. The number of fused-ring (bicyclic) bond motifs is 3. The fourth-order valence-electron chi connectivity index (χ4n) is 4.46. The number of amides is 1. The van der Waals surface area contributed by atoms with E-state index in [2.05, 4.69) is 9.97 Å². The molecule has 2 aromatic heterocycles. The van der Waals surface area contributed by atoms with E-state index >= 15 is 0 Å². The van der Waals surface area contributed by atoms with Crippen LogP contribution >= 0.6 is 11.6 Å². The zero-order valence-corrected chi connectivity index (χ0v) is 18.4. The van der Waals surface area contributed by atoms with Crippen molar-refractivity contribution in [2.75, 3.05) is 38.7 Å². The third-order valence-corrected chi connectivity index (χ3v) is 6.49. The molecule has 1 spiro atoms. The summed E-state index contributed by atoms with van der Waals surface area (Å²) in [5, 5.41) is 1.47. The molecule has 1 aromatic carbocycles. The van der Waals surface area contributed by atoms with Gasteiger partial charge in [-0.1, -0.05) is 29.8 Å². The van der Waals surface area contributed by atoms with E-state index in [0.717, 1.165) is 23.1 Å². The summed E-state index contributed by atoms with van der Waals surface area (Å²) in [6.45, 7) is 1.82. The van der Waals surface area contributed by atoms with E-state index in [1.165, 1.54) is 0 Å². The van der Waals surface area contributed by atoms with Crippen molar-refractivity contribution in [1.29, 1.82) is 0 Å². The Hall–Kier alpha value is -2.77. The van der Waals surface area contributed by atoms with Crippen molar-refractivity contribution in [2.45, 2.75) is 24.9 Å². The number of halogens is 1. The number of carbonyl (C=O) groups excluding carboxylic acids is 1. The standard InChI is InChI=1S/C23H24ClN5O2/c1-28(2)22-25-14-16-8-13-31-23(20(16)27-22)9-11-29(12-10-23)21(30)18-7-6-15-4-3-5-17(24)19(15)26-18/h3-7,14H,8-13H2,1-2H3. The van der Waals surface area contributed by atoms with Gasteiger partial charge in [-0.3, -0.25) is 4.79 Å². The predicted molar refractivity (Wildman–Crippen MR) is 120 cm³/mol. The van der Waals surface area contributed by atoms with Crippen LogP contribution in [0.2, 0.25) is 5.02 Å². The second kappa shape index (κ2) is 7.73. The maximum Gasteiger partial charge on any atom is 0.272 e. The molecule has 5 rings (SSSR count). The van der Waals surface area contributed by atoms with Gasteiger partial charge in [0.2, 0.25) is 5.95 Å². The summed E-state index contributed by atoms with van der Waals surface area (Å²) < 4.78 is 6.29. The minimum atomic E-state index is -0.460. The maximum absolute atomic E-state index is 13.2. The van der Waals surface area contributed by atoms with Crippen molar-refractivity contribution in [3.8, 4) is 0 Å². The average Bonchev–Trinajstić information content (AvgIpc) is 2.79. The van der Waals surface area contributed by atoms with Gasteiger partial charge in [0.1, 0.15) is 11.3 Å². The molecule has 0 aliphatic carbocycles. The number of hydrogen-bond donors (Lipinski definition) is 0. The Bertz CT molecular complexity index is 1160. The molecule has 2 aliphatic rings. The summed E-state index contributed by atoms with van der Waals surface area (Å²) in [5.41, 5.74) is 2.72. The van der Waals surface area contributed by atoms with Gasteiger partial charge in [0.15, 0.2) is 0 Å². The number of nitrogens with zero attached hydrogens (tertiary/aromatic N) is 5. The first-order chi connectivity index (χ1) is 15.0. The minimum absolute atomic E-state index is 0.0793. The molecule has 160 valence electrons. The lowest BCUT2D eigenvalue weighted by atomic mass is 9.83. The van der Waals surface area contributed by atoms with Crippen molar-refractivity contribution in [2.24, 2.45) is 0 Å². The maximum atomic E-state index is 13.2. The summed E-state index contributed by atoms with van der Waals surface area (Å²) >= 11 is 6.28. The lowest BCUT2D eigenvalue weighted by Gasteiger charge is -2.44. The molecule has 0 radical (unpaired) electrons. The first-order valence-corrected chi connectivity index (χ1v) is 10.9. The number of pyridine rings is 1. The topological polar surface area (TPSA) is 71.5 Å². The lowest BCUT2D eigenvalue weighted by molar-refractivity contribution is -0.0967. The molecule has 2 aliphatic heterocycles. The van der Waals surface area contributed by atoms with Gasteiger partial charge < -0.3 is 14.5 Å². The highest BCUT2D eigenvalue weighted by atomic mass is 35.5. The molecule has 7 nitrogen and oxygen atoms in total. The quantitative estimate of drug-likeness (QED) is 0.611. The molecule has 3 aromatic rings. The fraction of sp³-hybridized carbons (Fsp3) is 0.391. The van der Waals surface area contributed by atoms with Crippen molar-refractivity contribution in [3.05, 3.63) is 58.5 Å². The fourth-order valence-corrected chi connectivity index (χ4v) is 4.68. The van der Waals surface area contributed by atoms with Crippen LogP contribution in [0.5, 0.6) is 0 Å². The van der Waals surface area contributed by atoms with Gasteiger partial charge in [-0.15, -0.1) is 0 Å². The third kappa shape index (κ3) is 3.51. The molecular formula is C23H24ClN5O2. The van der Waals surface area contributed by atoms with Crippen LogP contribution in [0.1, 0.15) is 34.6 Å². The van der Waals surface area contributed by atoms with E-state index in [4.69, 9.17) is 21.3 Å². The highest BCUT2D eigenvalue weighted by Crippen LogP contribution is 2.41. The van der Waals surface area contributed by atoms with Gasteiger partial charge in [-0.2, -0.15) is 0 Å². The summed E-state index contributed by atoms with van der Waals surface area (Å²) in [4.78, 5) is 30.7. The SMILES string of the molecule is CN(C)c1ncc2c(n1)C1(CCN(C(=O)c3ccc4cccc(Cl)c4n3)CC1)OCC2. The van der Waals surface area contributed by atoms with Crippen molar-refractivity contribution in [3.63, 3.8) is 0 Å². The van der Waals surface area contributed by atoms with Gasteiger partial charge in [0.05, 0.1) is 22.8 Å². The van der Waals surface area contributed by atoms with E-state index in [1.807, 2.05) is 48.3 Å². The largest absolute Gasteiger partial charge is 0.368 e. The number of aromatic nitrogens is 3. The molecule has 0 bridgehead atoms. The normalized spacial score (nSPS) is 17.6. The number of likely N-dealkylation sites (tertiary alicyclic amines) is 1. The molecule has 1 saturated heterocycles. The van der Waals surface area contributed by atoms with Crippen LogP contribution in [-0.2, 0) is 16.8 Å². The molecule has 4 heterocycles. The molecule has 1 amide bonds. The number of piperidine rings is 1. The van der Waals surface area contributed by atoms with Crippen molar-refractivity contribution in [1.82, 2.24) is 19.9 Å². The molecule has 31 heavy (non-hydrogen) atoms. The highest BCUT2D eigenvalue weighted by Gasteiger charge is 2.43. The van der Waals surface area contributed by atoms with Gasteiger partial charge >= 0.3 is 0 Å². The second-order valence-electron chi connectivity index (χ2n) is 8.33. The Labute approximate surface area is 186 Å². The number of benzene rings is 1. The van der Waals surface area contributed by atoms with E-state index < -0.39 is 5.60 Å². The van der Waals surface area contributed by atoms with Crippen LogP contribution in [0.25, 0.3) is 10.9 Å². The van der Waals surface area contributed by atoms with Crippen LogP contribution in [0.4, 0.5) is 5.95 Å². The smallest absolute Gasteiger partial charge is 0.272 e. The van der Waals surface area contributed by atoms with Crippen molar-refractivity contribution < 1.29 is 9.53 Å². The van der Waals surface area contributed by atoms with Gasteiger partial charge in [-0.25, -0.2) is 15.0 Å². The number of anilines is 1. The molecule has 0 atom stereocenters. The Morgan fingerprint density at radius 3 is 2.74 bits per heavy atom. The van der Waals surface area contributed by atoms with Crippen LogP contribution in [0.3, 0.4) is 0 Å². The minimum Gasteiger partial charge on any atom is -0.368 e. The molecule has 0 N–H and O–H groups in total. The van der Waals surface area contributed by atoms with E-state index in [9.17, 15) is 4.79 Å². The Morgan fingerprint density at radius 2 is 1.97 bits per heavy atom. The first-order valence-electron chi connectivity index (χ1n) is 10.5. The summed E-state index contributed by atoms with van der Waals surface area (Å²) in [6, 6.07) is 9.28. The summed E-state index contributed by atoms with van der Waals surface area (Å²) in [5.74, 6) is 0.601. The van der Waals surface area contributed by atoms with Gasteiger partial charge in [0.25, 0.3) is 5.91 Å². The average molecular weight is 438 g/mol. The zero-order chi connectivity index (χ0) is 21.6. The summed E-state index contributed by atoms with van der Waals surface area (Å²) in [6.07, 6.45) is 4.13. The molecule has 8 heteroatoms. The van der Waals surface area contributed by atoms with Crippen LogP contribution in [0, 0.1) is 0 Å². The highest BCUT2D eigenvalue weighted by molar-refractivity contribution is 6.35. The Kier molecular flexibility index (Phi) is 5.02. The van der Waals surface area contributed by atoms with Crippen molar-refractivity contribution >= 4 is 34.4 Å². The predicted octanol–water partition coefficient (Wildman–Crippen LogP) is 3.45. The summed E-state index contributed by atoms with van der Waals surface area (Å²) in [7, 11) is 3.87. The molecular weight excluding hydrogens is 414 g/mol. The first kappa shape index (κ1) is 20.2. The Balaban J connectivity index is 1.38. The van der Waals surface area contributed by atoms with Gasteiger partial charge in [-0.05, 0) is 37.0 Å². The molecule has 0 unspecified atom stereocenters. The third-order valence-electron chi connectivity index (χ3n) is 6.18.